The molecular weight excluding hydrogens is 638 g/mol. The third-order valence-electron chi connectivity index (χ3n) is 6.41. The lowest BCUT2D eigenvalue weighted by Crippen LogP contribution is -2.43. The summed E-state index contributed by atoms with van der Waals surface area (Å²) in [5.74, 6) is 1.64. The lowest BCUT2D eigenvalue weighted by atomic mass is 9.93. The maximum atomic E-state index is 12.8. The van der Waals surface area contributed by atoms with E-state index in [9.17, 15) is 9.59 Å². The van der Waals surface area contributed by atoms with E-state index in [0.29, 0.717) is 56.7 Å². The molecule has 0 unspecified atom stereocenters. The number of benzene rings is 2. The van der Waals surface area contributed by atoms with E-state index in [1.54, 1.807) is 12.1 Å². The molecule has 3 N–H and O–H groups in total. The predicted octanol–water partition coefficient (Wildman–Crippen LogP) is 6.52. The molecule has 0 radical (unpaired) electrons. The van der Waals surface area contributed by atoms with Crippen LogP contribution in [0.4, 0.5) is 10.7 Å². The summed E-state index contributed by atoms with van der Waals surface area (Å²) in [4.78, 5) is 34.0. The zero-order chi connectivity index (χ0) is 32.9. The van der Waals surface area contributed by atoms with Crippen LogP contribution in [0.15, 0.2) is 54.6 Å². The first-order valence-corrected chi connectivity index (χ1v) is 16.3. The van der Waals surface area contributed by atoms with Crippen molar-refractivity contribution in [2.45, 2.75) is 66.5 Å². The molecule has 0 aliphatic rings. The summed E-state index contributed by atoms with van der Waals surface area (Å²) in [6.45, 7) is 13.8. The molecule has 3 rings (SSSR count). The van der Waals surface area contributed by atoms with Gasteiger partial charge in [0.25, 0.3) is 5.91 Å². The van der Waals surface area contributed by atoms with Crippen molar-refractivity contribution in [1.82, 2.24) is 20.6 Å². The molecule has 244 valence electrons. The molecule has 2 aromatic carbocycles. The first-order valence-electron chi connectivity index (χ1n) is 15.2. The summed E-state index contributed by atoms with van der Waals surface area (Å²) in [6, 6.07) is 17.2. The number of rotatable bonds is 16. The van der Waals surface area contributed by atoms with Gasteiger partial charge in [-0.25, -0.2) is 9.78 Å². The fourth-order valence-electron chi connectivity index (χ4n) is 4.09. The first-order chi connectivity index (χ1) is 21.4. The Hall–Kier alpha value is -3.86. The second-order valence-electron chi connectivity index (χ2n) is 12.4. The summed E-state index contributed by atoms with van der Waals surface area (Å²) in [5, 5.41) is 9.95. The molecule has 0 saturated carbocycles. The zero-order valence-electron chi connectivity index (χ0n) is 27.2. The second kappa shape index (κ2) is 17.0. The van der Waals surface area contributed by atoms with E-state index in [1.165, 1.54) is 0 Å². The maximum Gasteiger partial charge on any atom is 0.407 e. The summed E-state index contributed by atoms with van der Waals surface area (Å²) < 4.78 is 16.7. The van der Waals surface area contributed by atoms with E-state index in [1.807, 2.05) is 84.0 Å². The van der Waals surface area contributed by atoms with Gasteiger partial charge in [-0.3, -0.25) is 4.79 Å². The van der Waals surface area contributed by atoms with Gasteiger partial charge in [0.05, 0.1) is 18.9 Å². The van der Waals surface area contributed by atoms with Crippen LogP contribution < -0.4 is 25.4 Å². The summed E-state index contributed by atoms with van der Waals surface area (Å²) in [5.41, 5.74) is 2.48. The van der Waals surface area contributed by atoms with Crippen LogP contribution in [-0.4, -0.2) is 59.2 Å². The number of nitrogens with zero attached hydrogens (tertiary/aromatic N) is 2. The summed E-state index contributed by atoms with van der Waals surface area (Å²) in [7, 11) is 0. The monoisotopic (exact) mass is 683 g/mol. The molecule has 2 amide bonds. The normalized spacial score (nSPS) is 11.4. The van der Waals surface area contributed by atoms with Gasteiger partial charge in [-0.15, -0.1) is 0 Å². The Bertz CT molecular complexity index is 1380. The third-order valence-corrected chi connectivity index (χ3v) is 6.97. The summed E-state index contributed by atoms with van der Waals surface area (Å²) in [6.07, 6.45) is 1.02. The highest BCUT2D eigenvalue weighted by Gasteiger charge is 2.23. The SMILES string of the molecule is CCOc1cc(Cc2ccc(C(=O)NCC(C)(C)CNC(=O)OC(C)(C)C)cc2)nc(NCc2ccc(OCCCBr)cc2)n1. The molecule has 3 aromatic rings. The number of hydrogen-bond acceptors (Lipinski definition) is 8. The van der Waals surface area contributed by atoms with Gasteiger partial charge >= 0.3 is 6.09 Å². The zero-order valence-corrected chi connectivity index (χ0v) is 28.8. The number of carbonyl (C=O) groups excluding carboxylic acids is 2. The van der Waals surface area contributed by atoms with Crippen LogP contribution in [0.25, 0.3) is 0 Å². The van der Waals surface area contributed by atoms with Crippen LogP contribution in [0, 0.1) is 5.41 Å². The van der Waals surface area contributed by atoms with Gasteiger partial charge in [0.2, 0.25) is 11.8 Å². The van der Waals surface area contributed by atoms with Crippen molar-refractivity contribution < 1.29 is 23.8 Å². The van der Waals surface area contributed by atoms with Crippen LogP contribution in [0.3, 0.4) is 0 Å². The van der Waals surface area contributed by atoms with Crippen LogP contribution in [0.2, 0.25) is 0 Å². The second-order valence-corrected chi connectivity index (χ2v) is 13.2. The number of alkyl halides is 1. The van der Waals surface area contributed by atoms with Crippen molar-refractivity contribution in [2.75, 3.05) is 37.0 Å². The number of carbonyl (C=O) groups is 2. The molecule has 0 aliphatic heterocycles. The Balaban J connectivity index is 1.55. The van der Waals surface area contributed by atoms with Crippen molar-refractivity contribution in [2.24, 2.45) is 5.41 Å². The van der Waals surface area contributed by atoms with E-state index in [4.69, 9.17) is 19.2 Å². The minimum atomic E-state index is -0.567. The van der Waals surface area contributed by atoms with E-state index < -0.39 is 11.7 Å². The largest absolute Gasteiger partial charge is 0.494 e. The van der Waals surface area contributed by atoms with Gasteiger partial charge in [0.1, 0.15) is 11.4 Å². The van der Waals surface area contributed by atoms with Crippen molar-refractivity contribution in [3.63, 3.8) is 0 Å². The highest BCUT2D eigenvalue weighted by molar-refractivity contribution is 9.09. The van der Waals surface area contributed by atoms with Crippen molar-refractivity contribution in [3.05, 3.63) is 77.0 Å². The Labute approximate surface area is 275 Å². The van der Waals surface area contributed by atoms with E-state index in [-0.39, 0.29) is 11.3 Å². The maximum absolute atomic E-state index is 12.8. The van der Waals surface area contributed by atoms with E-state index >= 15 is 0 Å². The molecule has 0 saturated heterocycles. The Morgan fingerprint density at radius 1 is 0.867 bits per heavy atom. The number of alkyl carbamates (subject to hydrolysis) is 1. The number of amides is 2. The minimum Gasteiger partial charge on any atom is -0.494 e. The molecular formula is C34H46BrN5O5. The molecule has 11 heteroatoms. The Morgan fingerprint density at radius 2 is 1.53 bits per heavy atom. The van der Waals surface area contributed by atoms with Gasteiger partial charge in [0, 0.05) is 43.0 Å². The number of anilines is 1. The average molecular weight is 685 g/mol. The molecule has 0 fully saturated rings. The molecule has 0 atom stereocenters. The van der Waals surface area contributed by atoms with Crippen LogP contribution in [0.5, 0.6) is 11.6 Å². The van der Waals surface area contributed by atoms with Gasteiger partial charge in [-0.2, -0.15) is 4.98 Å². The molecule has 1 heterocycles. The molecule has 10 nitrogen and oxygen atoms in total. The van der Waals surface area contributed by atoms with Gasteiger partial charge < -0.3 is 30.2 Å². The first kappa shape index (κ1) is 35.6. The van der Waals surface area contributed by atoms with Gasteiger partial charge in [0.15, 0.2) is 0 Å². The fraction of sp³-hybridized carbons (Fsp3) is 0.471. The van der Waals surface area contributed by atoms with Gasteiger partial charge in [-0.05, 0) is 74.9 Å². The average Bonchev–Trinajstić information content (AvgIpc) is 2.98. The molecule has 1 aromatic heterocycles. The molecule has 45 heavy (non-hydrogen) atoms. The van der Waals surface area contributed by atoms with E-state index in [0.717, 1.165) is 34.3 Å². The van der Waals surface area contributed by atoms with Crippen molar-refractivity contribution in [3.8, 4) is 11.6 Å². The predicted molar refractivity (Wildman–Crippen MR) is 180 cm³/mol. The topological polar surface area (TPSA) is 124 Å². The lowest BCUT2D eigenvalue weighted by molar-refractivity contribution is 0.0506. The smallest absolute Gasteiger partial charge is 0.407 e. The van der Waals surface area contributed by atoms with E-state index in [2.05, 4.69) is 36.9 Å². The number of ether oxygens (including phenoxy) is 3. The molecule has 0 bridgehead atoms. The number of aromatic nitrogens is 2. The van der Waals surface area contributed by atoms with Crippen molar-refractivity contribution >= 4 is 33.9 Å². The Morgan fingerprint density at radius 3 is 2.18 bits per heavy atom. The third kappa shape index (κ3) is 13.3. The highest BCUT2D eigenvalue weighted by Crippen LogP contribution is 2.19. The fourth-order valence-corrected chi connectivity index (χ4v) is 4.31. The van der Waals surface area contributed by atoms with Crippen LogP contribution in [0.1, 0.15) is 75.1 Å². The van der Waals surface area contributed by atoms with Crippen LogP contribution in [-0.2, 0) is 17.7 Å². The number of nitrogens with one attached hydrogen (secondary N) is 3. The van der Waals surface area contributed by atoms with Crippen LogP contribution >= 0.6 is 15.9 Å². The number of halogens is 1. The molecule has 0 spiro atoms. The van der Waals surface area contributed by atoms with Gasteiger partial charge in [-0.1, -0.05) is 54.0 Å². The Kier molecular flexibility index (Phi) is 13.5. The quantitative estimate of drug-likeness (QED) is 0.115. The highest BCUT2D eigenvalue weighted by atomic mass is 79.9. The summed E-state index contributed by atoms with van der Waals surface area (Å²) >= 11 is 3.41. The number of hydrogen-bond donors (Lipinski definition) is 3. The molecule has 0 aliphatic carbocycles. The minimum absolute atomic E-state index is 0.183. The standard InChI is InChI=1S/C34H46BrN5O5/c1-7-43-29-20-27(39-31(40-29)36-21-25-11-15-28(16-12-25)44-18-8-17-35)19-24-9-13-26(14-10-24)30(41)37-22-34(5,6)23-38-32(42)45-33(2,3)4/h9-16,20H,7-8,17-19,21-23H2,1-6H3,(H,37,41)(H,38,42)(H,36,39,40). The lowest BCUT2D eigenvalue weighted by Gasteiger charge is -2.26. The van der Waals surface area contributed by atoms with Crippen molar-refractivity contribution in [1.29, 1.82) is 0 Å².